The predicted octanol–water partition coefficient (Wildman–Crippen LogP) is 0.187. The van der Waals surface area contributed by atoms with Crippen molar-refractivity contribution in [1.29, 1.82) is 0 Å². The summed E-state index contributed by atoms with van der Waals surface area (Å²) in [6.07, 6.45) is 0.647. The van der Waals surface area contributed by atoms with E-state index < -0.39 is 6.10 Å². The molecule has 0 aliphatic carbocycles. The fourth-order valence-electron chi connectivity index (χ4n) is 0.938. The van der Waals surface area contributed by atoms with Gasteiger partial charge in [0.2, 0.25) is 0 Å². The van der Waals surface area contributed by atoms with E-state index >= 15 is 0 Å². The number of pyridine rings is 1. The molecule has 0 spiro atoms. The third-order valence-electron chi connectivity index (χ3n) is 1.73. The number of aliphatic hydroxyl groups excluding tert-OH is 2. The van der Waals surface area contributed by atoms with Crippen LogP contribution >= 0.6 is 11.6 Å². The quantitative estimate of drug-likeness (QED) is 0.674. The number of ether oxygens (including phenoxy) is 1. The molecule has 1 rings (SSSR count). The van der Waals surface area contributed by atoms with Gasteiger partial charge in [0.25, 0.3) is 0 Å². The smallest absolute Gasteiger partial charge is 0.124 e. The zero-order valence-corrected chi connectivity index (χ0v) is 8.81. The number of aromatic nitrogens is 1. The molecule has 5 nitrogen and oxygen atoms in total. The number of nitrogens with zero attached hydrogens (tertiary/aromatic N) is 1. The Kier molecular flexibility index (Phi) is 4.77. The van der Waals surface area contributed by atoms with Crippen LogP contribution in [0.4, 0.5) is 5.82 Å². The minimum absolute atomic E-state index is 0.0528. The molecular formula is C9H13ClN2O3. The molecule has 0 bridgehead atoms. The number of nitrogen functional groups attached to an aromatic ring is 1. The van der Waals surface area contributed by atoms with Crippen LogP contribution in [0.25, 0.3) is 0 Å². The molecule has 6 heteroatoms. The average molecular weight is 233 g/mol. The molecule has 0 amide bonds. The summed E-state index contributed by atoms with van der Waals surface area (Å²) in [4.78, 5) is 3.86. The van der Waals surface area contributed by atoms with Gasteiger partial charge in [0.1, 0.15) is 11.9 Å². The van der Waals surface area contributed by atoms with Crippen molar-refractivity contribution in [2.24, 2.45) is 0 Å². The third-order valence-corrected chi connectivity index (χ3v) is 2.08. The molecule has 1 atom stereocenters. The molecule has 1 aromatic heterocycles. The fourth-order valence-corrected chi connectivity index (χ4v) is 1.15. The number of rotatable bonds is 5. The lowest BCUT2D eigenvalue weighted by Gasteiger charge is -2.09. The van der Waals surface area contributed by atoms with Crippen molar-refractivity contribution in [1.82, 2.24) is 4.98 Å². The lowest BCUT2D eigenvalue weighted by Crippen LogP contribution is -2.19. The van der Waals surface area contributed by atoms with Crippen LogP contribution < -0.4 is 5.73 Å². The SMILES string of the molecule is Nc1cc(Cl)c(COC[C@H](O)CO)cn1. The maximum atomic E-state index is 9.01. The van der Waals surface area contributed by atoms with E-state index in [0.717, 1.165) is 0 Å². The molecular weight excluding hydrogens is 220 g/mol. The molecule has 84 valence electrons. The Morgan fingerprint density at radius 3 is 2.93 bits per heavy atom. The monoisotopic (exact) mass is 232 g/mol. The highest BCUT2D eigenvalue weighted by molar-refractivity contribution is 6.31. The van der Waals surface area contributed by atoms with Crippen molar-refractivity contribution in [3.05, 3.63) is 22.8 Å². The number of hydrogen-bond donors (Lipinski definition) is 3. The van der Waals surface area contributed by atoms with Crippen LogP contribution in [0.5, 0.6) is 0 Å². The van der Waals surface area contributed by atoms with Gasteiger partial charge < -0.3 is 20.7 Å². The first kappa shape index (κ1) is 12.2. The molecule has 4 N–H and O–H groups in total. The van der Waals surface area contributed by atoms with E-state index in [1.54, 1.807) is 0 Å². The molecule has 1 aromatic rings. The van der Waals surface area contributed by atoms with Crippen LogP contribution in [-0.4, -0.2) is 34.5 Å². The summed E-state index contributed by atoms with van der Waals surface area (Å²) in [6, 6.07) is 1.53. The first-order chi connectivity index (χ1) is 7.13. The molecule has 0 radical (unpaired) electrons. The summed E-state index contributed by atoms with van der Waals surface area (Å²) in [7, 11) is 0. The highest BCUT2D eigenvalue weighted by Crippen LogP contribution is 2.17. The Bertz CT molecular complexity index is 322. The Hall–Kier alpha value is -0.880. The van der Waals surface area contributed by atoms with Crippen LogP contribution in [0.3, 0.4) is 0 Å². The summed E-state index contributed by atoms with van der Waals surface area (Å²) in [5, 5.41) is 18.0. The van der Waals surface area contributed by atoms with E-state index in [2.05, 4.69) is 4.98 Å². The third kappa shape index (κ3) is 4.01. The van der Waals surface area contributed by atoms with Gasteiger partial charge in [0.15, 0.2) is 0 Å². The number of hydrogen-bond acceptors (Lipinski definition) is 5. The van der Waals surface area contributed by atoms with E-state index in [1.165, 1.54) is 12.3 Å². The Balaban J connectivity index is 2.44. The maximum Gasteiger partial charge on any atom is 0.124 e. The van der Waals surface area contributed by atoms with Crippen molar-refractivity contribution in [2.45, 2.75) is 12.7 Å². The molecule has 0 aromatic carbocycles. The van der Waals surface area contributed by atoms with Crippen LogP contribution in [-0.2, 0) is 11.3 Å². The summed E-state index contributed by atoms with van der Waals surface area (Å²) in [5.74, 6) is 0.346. The first-order valence-electron chi connectivity index (χ1n) is 4.40. The lowest BCUT2D eigenvalue weighted by atomic mass is 10.3. The minimum atomic E-state index is -0.870. The Morgan fingerprint density at radius 1 is 1.60 bits per heavy atom. The fraction of sp³-hybridized carbons (Fsp3) is 0.444. The van der Waals surface area contributed by atoms with Gasteiger partial charge in [-0.3, -0.25) is 0 Å². The topological polar surface area (TPSA) is 88.6 Å². The second kappa shape index (κ2) is 5.87. The van der Waals surface area contributed by atoms with Crippen molar-refractivity contribution >= 4 is 17.4 Å². The van der Waals surface area contributed by atoms with E-state index in [9.17, 15) is 0 Å². The molecule has 0 aliphatic heterocycles. The first-order valence-corrected chi connectivity index (χ1v) is 4.78. The normalized spacial score (nSPS) is 12.7. The van der Waals surface area contributed by atoms with Gasteiger partial charge in [0.05, 0.1) is 24.8 Å². The number of anilines is 1. The summed E-state index contributed by atoms with van der Waals surface area (Å²) < 4.78 is 5.12. The Labute approximate surface area is 92.5 Å². The molecule has 0 aliphatic rings. The molecule has 0 fully saturated rings. The highest BCUT2D eigenvalue weighted by atomic mass is 35.5. The van der Waals surface area contributed by atoms with Gasteiger partial charge >= 0.3 is 0 Å². The van der Waals surface area contributed by atoms with Crippen molar-refractivity contribution in [2.75, 3.05) is 18.9 Å². The molecule has 0 saturated carbocycles. The van der Waals surface area contributed by atoms with Crippen molar-refractivity contribution in [3.8, 4) is 0 Å². The van der Waals surface area contributed by atoms with Gasteiger partial charge in [-0.05, 0) is 6.07 Å². The highest BCUT2D eigenvalue weighted by Gasteiger charge is 2.05. The van der Waals surface area contributed by atoms with Gasteiger partial charge in [-0.25, -0.2) is 4.98 Å². The molecule has 1 heterocycles. The van der Waals surface area contributed by atoms with Crippen LogP contribution in [0.2, 0.25) is 5.02 Å². The van der Waals surface area contributed by atoms with E-state index in [0.29, 0.717) is 16.4 Å². The standard InChI is InChI=1S/C9H13ClN2O3/c10-8-1-9(11)12-2-6(8)4-15-5-7(14)3-13/h1-2,7,13-14H,3-5H2,(H2,11,12)/t7-/m1/s1. The predicted molar refractivity (Wildman–Crippen MR) is 56.4 cm³/mol. The second-order valence-electron chi connectivity index (χ2n) is 3.05. The van der Waals surface area contributed by atoms with Crippen LogP contribution in [0, 0.1) is 0 Å². The van der Waals surface area contributed by atoms with Crippen LogP contribution in [0.15, 0.2) is 12.3 Å². The second-order valence-corrected chi connectivity index (χ2v) is 3.46. The van der Waals surface area contributed by atoms with Crippen molar-refractivity contribution < 1.29 is 14.9 Å². The van der Waals surface area contributed by atoms with E-state index in [1.807, 2.05) is 0 Å². The largest absolute Gasteiger partial charge is 0.394 e. The molecule has 0 unspecified atom stereocenters. The van der Waals surface area contributed by atoms with Gasteiger partial charge in [-0.1, -0.05) is 11.6 Å². The zero-order chi connectivity index (χ0) is 11.3. The zero-order valence-electron chi connectivity index (χ0n) is 8.06. The van der Waals surface area contributed by atoms with Crippen molar-refractivity contribution in [3.63, 3.8) is 0 Å². The minimum Gasteiger partial charge on any atom is -0.394 e. The lowest BCUT2D eigenvalue weighted by molar-refractivity contribution is -0.0000153. The van der Waals surface area contributed by atoms with Gasteiger partial charge in [-0.2, -0.15) is 0 Å². The van der Waals surface area contributed by atoms with Gasteiger partial charge in [0, 0.05) is 11.8 Å². The maximum absolute atomic E-state index is 9.01. The summed E-state index contributed by atoms with van der Waals surface area (Å²) >= 11 is 5.87. The summed E-state index contributed by atoms with van der Waals surface area (Å²) in [5.41, 5.74) is 6.11. The summed E-state index contributed by atoms with van der Waals surface area (Å²) in [6.45, 7) is -0.0475. The van der Waals surface area contributed by atoms with Crippen LogP contribution in [0.1, 0.15) is 5.56 Å². The Morgan fingerprint density at radius 2 is 2.33 bits per heavy atom. The molecule has 0 saturated heterocycles. The van der Waals surface area contributed by atoms with E-state index in [-0.39, 0.29) is 19.8 Å². The van der Waals surface area contributed by atoms with E-state index in [4.69, 9.17) is 32.3 Å². The van der Waals surface area contributed by atoms with Gasteiger partial charge in [-0.15, -0.1) is 0 Å². The molecule has 15 heavy (non-hydrogen) atoms. The number of halogens is 1. The average Bonchev–Trinajstić information content (AvgIpc) is 2.21. The number of nitrogens with two attached hydrogens (primary N) is 1. The number of aliphatic hydroxyl groups is 2.